The van der Waals surface area contributed by atoms with Gasteiger partial charge in [-0.05, 0) is 6.92 Å². The number of ether oxygens (including phenoxy) is 1. The molecule has 0 aromatic carbocycles. The van der Waals surface area contributed by atoms with Gasteiger partial charge in [-0.2, -0.15) is 0 Å². The van der Waals surface area contributed by atoms with Crippen molar-refractivity contribution in [2.24, 2.45) is 0 Å². The zero-order valence-electron chi connectivity index (χ0n) is 9.19. The molecule has 2 heterocycles. The SMILES string of the molecule is COCCc1nc(C)c(-c2csc(N)n2)s1. The lowest BCUT2D eigenvalue weighted by atomic mass is 10.3. The molecule has 0 unspecified atom stereocenters. The molecule has 0 saturated carbocycles. The standard InChI is InChI=1S/C10H13N3OS2/c1-6-9(7-5-15-10(11)13-7)16-8(12-6)3-4-14-2/h5H,3-4H2,1-2H3,(H2,11,13). The highest BCUT2D eigenvalue weighted by Gasteiger charge is 2.12. The maximum absolute atomic E-state index is 5.62. The molecule has 0 atom stereocenters. The minimum Gasteiger partial charge on any atom is -0.384 e. The Bertz CT molecular complexity index is 478. The predicted molar refractivity (Wildman–Crippen MR) is 68.0 cm³/mol. The second kappa shape index (κ2) is 4.90. The molecule has 6 heteroatoms. The number of aromatic nitrogens is 2. The van der Waals surface area contributed by atoms with E-state index >= 15 is 0 Å². The van der Waals surface area contributed by atoms with Gasteiger partial charge in [-0.1, -0.05) is 0 Å². The Balaban J connectivity index is 2.24. The Labute approximate surface area is 102 Å². The fraction of sp³-hybridized carbons (Fsp3) is 0.400. The van der Waals surface area contributed by atoms with Crippen LogP contribution in [0.4, 0.5) is 5.13 Å². The van der Waals surface area contributed by atoms with Crippen molar-refractivity contribution in [2.45, 2.75) is 13.3 Å². The van der Waals surface area contributed by atoms with E-state index in [0.29, 0.717) is 11.7 Å². The number of methoxy groups -OCH3 is 1. The van der Waals surface area contributed by atoms with E-state index < -0.39 is 0 Å². The van der Waals surface area contributed by atoms with Gasteiger partial charge in [-0.15, -0.1) is 22.7 Å². The number of nitrogens with two attached hydrogens (primary N) is 1. The fourth-order valence-electron chi connectivity index (χ4n) is 1.38. The summed E-state index contributed by atoms with van der Waals surface area (Å²) in [7, 11) is 1.70. The molecule has 0 aliphatic rings. The minimum absolute atomic E-state index is 0.598. The van der Waals surface area contributed by atoms with Crippen molar-refractivity contribution in [1.29, 1.82) is 0 Å². The number of thiazole rings is 2. The van der Waals surface area contributed by atoms with Gasteiger partial charge in [0, 0.05) is 18.9 Å². The van der Waals surface area contributed by atoms with Crippen LogP contribution in [0, 0.1) is 6.92 Å². The lowest BCUT2D eigenvalue weighted by Gasteiger charge is -1.92. The van der Waals surface area contributed by atoms with Crippen LogP contribution in [0.3, 0.4) is 0 Å². The second-order valence-corrected chi connectivity index (χ2v) is 5.31. The van der Waals surface area contributed by atoms with E-state index in [1.165, 1.54) is 11.3 Å². The van der Waals surface area contributed by atoms with Crippen LogP contribution in [0.1, 0.15) is 10.7 Å². The number of rotatable bonds is 4. The molecular weight excluding hydrogens is 242 g/mol. The largest absolute Gasteiger partial charge is 0.384 e. The molecule has 0 amide bonds. The molecule has 4 nitrogen and oxygen atoms in total. The van der Waals surface area contributed by atoms with Crippen molar-refractivity contribution in [3.8, 4) is 10.6 Å². The van der Waals surface area contributed by atoms with E-state index in [-0.39, 0.29) is 0 Å². The normalized spacial score (nSPS) is 10.9. The Kier molecular flexibility index (Phi) is 3.52. The molecule has 2 aromatic rings. The summed E-state index contributed by atoms with van der Waals surface area (Å²) >= 11 is 3.12. The first-order valence-corrected chi connectivity index (χ1v) is 6.57. The first kappa shape index (κ1) is 11.5. The zero-order valence-corrected chi connectivity index (χ0v) is 10.8. The molecule has 2 aromatic heterocycles. The predicted octanol–water partition coefficient (Wildman–Crippen LogP) is 2.35. The maximum Gasteiger partial charge on any atom is 0.180 e. The molecule has 0 aliphatic carbocycles. The second-order valence-electron chi connectivity index (χ2n) is 3.34. The van der Waals surface area contributed by atoms with E-state index in [9.17, 15) is 0 Å². The number of nitrogen functional groups attached to an aromatic ring is 1. The molecule has 2 rings (SSSR count). The van der Waals surface area contributed by atoms with Crippen LogP contribution >= 0.6 is 22.7 Å². The Morgan fingerprint density at radius 3 is 2.88 bits per heavy atom. The Morgan fingerprint density at radius 1 is 1.44 bits per heavy atom. The minimum atomic E-state index is 0.598. The van der Waals surface area contributed by atoms with Gasteiger partial charge in [-0.25, -0.2) is 9.97 Å². The summed E-state index contributed by atoms with van der Waals surface area (Å²) in [4.78, 5) is 9.88. The molecule has 0 radical (unpaired) electrons. The summed E-state index contributed by atoms with van der Waals surface area (Å²) in [5, 5.41) is 3.65. The van der Waals surface area contributed by atoms with Gasteiger partial charge in [0.2, 0.25) is 0 Å². The molecule has 16 heavy (non-hydrogen) atoms. The van der Waals surface area contributed by atoms with Crippen LogP contribution < -0.4 is 5.73 Å². The first-order valence-electron chi connectivity index (χ1n) is 4.87. The monoisotopic (exact) mass is 255 g/mol. The topological polar surface area (TPSA) is 61.0 Å². The summed E-state index contributed by atoms with van der Waals surface area (Å²) in [6.07, 6.45) is 0.849. The molecular formula is C10H13N3OS2. The average Bonchev–Trinajstić information content (AvgIpc) is 2.82. The third-order valence-corrected chi connectivity index (χ3v) is 4.03. The van der Waals surface area contributed by atoms with Crippen molar-refractivity contribution in [3.05, 3.63) is 16.1 Å². The molecule has 0 spiro atoms. The van der Waals surface area contributed by atoms with Gasteiger partial charge >= 0.3 is 0 Å². The molecule has 0 aliphatic heterocycles. The Hall–Kier alpha value is -0.980. The van der Waals surface area contributed by atoms with Crippen LogP contribution in [0.5, 0.6) is 0 Å². The third kappa shape index (κ3) is 2.40. The fourth-order valence-corrected chi connectivity index (χ4v) is 3.01. The van der Waals surface area contributed by atoms with Crippen LogP contribution in [0.2, 0.25) is 0 Å². The van der Waals surface area contributed by atoms with E-state index in [0.717, 1.165) is 27.7 Å². The van der Waals surface area contributed by atoms with Crippen LogP contribution in [0.15, 0.2) is 5.38 Å². The summed E-state index contributed by atoms with van der Waals surface area (Å²) in [6.45, 7) is 2.70. The lowest BCUT2D eigenvalue weighted by Crippen LogP contribution is -1.93. The smallest absolute Gasteiger partial charge is 0.180 e. The molecule has 86 valence electrons. The molecule has 0 fully saturated rings. The van der Waals surface area contributed by atoms with Gasteiger partial charge in [0.05, 0.1) is 27.9 Å². The van der Waals surface area contributed by atoms with Gasteiger partial charge < -0.3 is 10.5 Å². The van der Waals surface area contributed by atoms with Gasteiger partial charge in [0.1, 0.15) is 0 Å². The van der Waals surface area contributed by atoms with Gasteiger partial charge in [0.25, 0.3) is 0 Å². The van der Waals surface area contributed by atoms with Crippen LogP contribution in [-0.2, 0) is 11.2 Å². The highest BCUT2D eigenvalue weighted by atomic mass is 32.1. The van der Waals surface area contributed by atoms with Crippen molar-refractivity contribution in [1.82, 2.24) is 9.97 Å². The summed E-state index contributed by atoms with van der Waals surface area (Å²) in [5.41, 5.74) is 7.57. The van der Waals surface area contributed by atoms with Gasteiger partial charge in [-0.3, -0.25) is 0 Å². The molecule has 2 N–H and O–H groups in total. The van der Waals surface area contributed by atoms with Gasteiger partial charge in [0.15, 0.2) is 5.13 Å². The van der Waals surface area contributed by atoms with Crippen molar-refractivity contribution >= 4 is 27.8 Å². The maximum atomic E-state index is 5.62. The Morgan fingerprint density at radius 2 is 2.25 bits per heavy atom. The first-order chi connectivity index (χ1) is 7.70. The van der Waals surface area contributed by atoms with Crippen molar-refractivity contribution < 1.29 is 4.74 Å². The zero-order chi connectivity index (χ0) is 11.5. The highest BCUT2D eigenvalue weighted by molar-refractivity contribution is 7.16. The van der Waals surface area contributed by atoms with E-state index in [2.05, 4.69) is 9.97 Å². The number of hydrogen-bond donors (Lipinski definition) is 1. The van der Waals surface area contributed by atoms with Crippen molar-refractivity contribution in [2.75, 3.05) is 19.5 Å². The number of aryl methyl sites for hydroxylation is 1. The van der Waals surface area contributed by atoms with E-state index in [1.54, 1.807) is 18.4 Å². The molecule has 0 bridgehead atoms. The summed E-state index contributed by atoms with van der Waals surface area (Å²) in [5.74, 6) is 0. The summed E-state index contributed by atoms with van der Waals surface area (Å²) < 4.78 is 5.04. The van der Waals surface area contributed by atoms with Crippen LogP contribution in [0.25, 0.3) is 10.6 Å². The molecule has 0 saturated heterocycles. The number of nitrogens with zero attached hydrogens (tertiary/aromatic N) is 2. The van der Waals surface area contributed by atoms with E-state index in [1.807, 2.05) is 12.3 Å². The number of hydrogen-bond acceptors (Lipinski definition) is 6. The highest BCUT2D eigenvalue weighted by Crippen LogP contribution is 2.31. The quantitative estimate of drug-likeness (QED) is 0.911. The number of anilines is 1. The van der Waals surface area contributed by atoms with Crippen molar-refractivity contribution in [3.63, 3.8) is 0 Å². The average molecular weight is 255 g/mol. The van der Waals surface area contributed by atoms with E-state index in [4.69, 9.17) is 10.5 Å². The third-order valence-electron chi connectivity index (χ3n) is 2.12. The summed E-state index contributed by atoms with van der Waals surface area (Å²) in [6, 6.07) is 0. The lowest BCUT2D eigenvalue weighted by molar-refractivity contribution is 0.202. The van der Waals surface area contributed by atoms with Crippen LogP contribution in [-0.4, -0.2) is 23.7 Å².